The van der Waals surface area contributed by atoms with Crippen molar-refractivity contribution in [2.24, 2.45) is 5.14 Å². The molecule has 0 unspecified atom stereocenters. The molecule has 2 aromatic carbocycles. The van der Waals surface area contributed by atoms with Crippen molar-refractivity contribution in [3.8, 4) is 0 Å². The highest BCUT2D eigenvalue weighted by atomic mass is 32.2. The van der Waals surface area contributed by atoms with Crippen LogP contribution in [0, 0.1) is 0 Å². The summed E-state index contributed by atoms with van der Waals surface area (Å²) in [5.74, 6) is 0.732. The zero-order chi connectivity index (χ0) is 14.9. The summed E-state index contributed by atoms with van der Waals surface area (Å²) in [6, 6.07) is 15.1. The van der Waals surface area contributed by atoms with E-state index in [2.05, 4.69) is 29.6 Å². The Morgan fingerprint density at radius 2 is 1.86 bits per heavy atom. The molecule has 4 nitrogen and oxygen atoms in total. The van der Waals surface area contributed by atoms with Gasteiger partial charge in [-0.3, -0.25) is 0 Å². The lowest BCUT2D eigenvalue weighted by atomic mass is 10.1. The molecule has 0 aliphatic heterocycles. The van der Waals surface area contributed by atoms with Gasteiger partial charge in [0.15, 0.2) is 0 Å². The Morgan fingerprint density at radius 3 is 2.57 bits per heavy atom. The standard InChI is InChI=1S/C16H18N2O2S/c17-21(19,20)16-6-2-5-15(10-16)18-11-12-3-1-4-14(9-12)13-7-8-13/h1-6,9-10,13,18H,7-8,11H2,(H2,17,19,20). The Labute approximate surface area is 125 Å². The Bertz CT molecular complexity index is 752. The molecule has 0 radical (unpaired) electrons. The van der Waals surface area contributed by atoms with E-state index in [9.17, 15) is 8.42 Å². The number of benzene rings is 2. The fourth-order valence-electron chi connectivity index (χ4n) is 2.36. The van der Waals surface area contributed by atoms with E-state index >= 15 is 0 Å². The molecule has 21 heavy (non-hydrogen) atoms. The van der Waals surface area contributed by atoms with Crippen LogP contribution in [-0.2, 0) is 16.6 Å². The molecular weight excluding hydrogens is 284 g/mol. The van der Waals surface area contributed by atoms with E-state index in [0.717, 1.165) is 11.6 Å². The summed E-state index contributed by atoms with van der Waals surface area (Å²) in [4.78, 5) is 0.124. The molecule has 1 saturated carbocycles. The van der Waals surface area contributed by atoms with Gasteiger partial charge in [0.1, 0.15) is 0 Å². The van der Waals surface area contributed by atoms with Gasteiger partial charge in [0, 0.05) is 12.2 Å². The van der Waals surface area contributed by atoms with Crippen LogP contribution in [0.1, 0.15) is 29.9 Å². The van der Waals surface area contributed by atoms with Crippen molar-refractivity contribution in [1.29, 1.82) is 0 Å². The minimum atomic E-state index is -3.66. The van der Waals surface area contributed by atoms with E-state index in [4.69, 9.17) is 5.14 Å². The van der Waals surface area contributed by atoms with Crippen molar-refractivity contribution in [2.45, 2.75) is 30.2 Å². The van der Waals surface area contributed by atoms with Crippen LogP contribution < -0.4 is 10.5 Å². The van der Waals surface area contributed by atoms with E-state index in [0.29, 0.717) is 6.54 Å². The number of nitrogens with two attached hydrogens (primary N) is 1. The summed E-state index contributed by atoms with van der Waals surface area (Å²) in [6.07, 6.45) is 2.57. The molecule has 5 heteroatoms. The third kappa shape index (κ3) is 3.62. The minimum Gasteiger partial charge on any atom is -0.381 e. The third-order valence-electron chi connectivity index (χ3n) is 3.66. The maximum absolute atomic E-state index is 11.3. The van der Waals surface area contributed by atoms with Crippen LogP contribution in [0.5, 0.6) is 0 Å². The number of nitrogens with one attached hydrogen (secondary N) is 1. The molecule has 0 spiro atoms. The molecule has 3 N–H and O–H groups in total. The Balaban J connectivity index is 1.71. The Hall–Kier alpha value is -1.85. The summed E-state index contributed by atoms with van der Waals surface area (Å²) in [5, 5.41) is 8.38. The normalized spacial score (nSPS) is 14.9. The molecule has 1 aliphatic rings. The van der Waals surface area contributed by atoms with Gasteiger partial charge in [-0.2, -0.15) is 0 Å². The molecular formula is C16H18N2O2S. The number of hydrogen-bond acceptors (Lipinski definition) is 3. The lowest BCUT2D eigenvalue weighted by molar-refractivity contribution is 0.598. The summed E-state index contributed by atoms with van der Waals surface area (Å²) >= 11 is 0. The first-order valence-corrected chi connectivity index (χ1v) is 8.52. The van der Waals surface area contributed by atoms with Crippen molar-refractivity contribution >= 4 is 15.7 Å². The molecule has 0 saturated heterocycles. The van der Waals surface area contributed by atoms with Crippen LogP contribution in [0.25, 0.3) is 0 Å². The SMILES string of the molecule is NS(=O)(=O)c1cccc(NCc2cccc(C3CC3)c2)c1. The monoisotopic (exact) mass is 302 g/mol. The summed E-state index contributed by atoms with van der Waals surface area (Å²) in [6.45, 7) is 0.661. The highest BCUT2D eigenvalue weighted by Crippen LogP contribution is 2.40. The van der Waals surface area contributed by atoms with E-state index < -0.39 is 10.0 Å². The topological polar surface area (TPSA) is 72.2 Å². The second-order valence-corrected chi connectivity index (χ2v) is 7.01. The Morgan fingerprint density at radius 1 is 1.10 bits per heavy atom. The quantitative estimate of drug-likeness (QED) is 0.892. The smallest absolute Gasteiger partial charge is 0.238 e. The zero-order valence-corrected chi connectivity index (χ0v) is 12.4. The van der Waals surface area contributed by atoms with Crippen molar-refractivity contribution < 1.29 is 8.42 Å². The van der Waals surface area contributed by atoms with Gasteiger partial charge in [-0.1, -0.05) is 30.3 Å². The van der Waals surface area contributed by atoms with Gasteiger partial charge in [0.25, 0.3) is 0 Å². The number of rotatable bonds is 5. The second kappa shape index (κ2) is 5.50. The van der Waals surface area contributed by atoms with E-state index in [1.54, 1.807) is 12.1 Å². The van der Waals surface area contributed by atoms with Gasteiger partial charge in [0.2, 0.25) is 10.0 Å². The predicted molar refractivity (Wildman–Crippen MR) is 83.6 cm³/mol. The van der Waals surface area contributed by atoms with Gasteiger partial charge in [0.05, 0.1) is 4.90 Å². The van der Waals surface area contributed by atoms with Gasteiger partial charge in [-0.05, 0) is 48.1 Å². The molecule has 0 amide bonds. The van der Waals surface area contributed by atoms with Gasteiger partial charge in [-0.25, -0.2) is 13.6 Å². The zero-order valence-electron chi connectivity index (χ0n) is 11.6. The molecule has 0 bridgehead atoms. The lowest BCUT2D eigenvalue weighted by Crippen LogP contribution is -2.12. The maximum Gasteiger partial charge on any atom is 0.238 e. The van der Waals surface area contributed by atoms with Crippen molar-refractivity contribution in [2.75, 3.05) is 5.32 Å². The molecule has 0 aromatic heterocycles. The van der Waals surface area contributed by atoms with E-state index in [1.807, 2.05) is 6.07 Å². The van der Waals surface area contributed by atoms with Gasteiger partial charge < -0.3 is 5.32 Å². The summed E-state index contributed by atoms with van der Waals surface area (Å²) in [7, 11) is -3.66. The third-order valence-corrected chi connectivity index (χ3v) is 4.57. The number of primary sulfonamides is 1. The van der Waals surface area contributed by atoms with Gasteiger partial charge >= 0.3 is 0 Å². The molecule has 0 atom stereocenters. The maximum atomic E-state index is 11.3. The first-order valence-electron chi connectivity index (χ1n) is 6.98. The number of hydrogen-bond donors (Lipinski definition) is 2. The predicted octanol–water partition coefficient (Wildman–Crippen LogP) is 2.82. The second-order valence-electron chi connectivity index (χ2n) is 5.45. The van der Waals surface area contributed by atoms with Crippen LogP contribution >= 0.6 is 0 Å². The van der Waals surface area contributed by atoms with Gasteiger partial charge in [-0.15, -0.1) is 0 Å². The van der Waals surface area contributed by atoms with Crippen molar-refractivity contribution in [3.05, 3.63) is 59.7 Å². The fourth-order valence-corrected chi connectivity index (χ4v) is 2.92. The van der Waals surface area contributed by atoms with Crippen molar-refractivity contribution in [3.63, 3.8) is 0 Å². The lowest BCUT2D eigenvalue weighted by Gasteiger charge is -2.09. The molecule has 1 aliphatic carbocycles. The molecule has 1 fully saturated rings. The summed E-state index contributed by atoms with van der Waals surface area (Å²) < 4.78 is 22.7. The molecule has 0 heterocycles. The average Bonchev–Trinajstić information content (AvgIpc) is 3.30. The molecule has 3 rings (SSSR count). The van der Waals surface area contributed by atoms with Crippen LogP contribution in [0.15, 0.2) is 53.4 Å². The summed E-state index contributed by atoms with van der Waals surface area (Å²) in [5.41, 5.74) is 3.34. The van der Waals surface area contributed by atoms with Crippen LogP contribution in [0.2, 0.25) is 0 Å². The van der Waals surface area contributed by atoms with Crippen LogP contribution in [-0.4, -0.2) is 8.42 Å². The minimum absolute atomic E-state index is 0.124. The average molecular weight is 302 g/mol. The fraction of sp³-hybridized carbons (Fsp3) is 0.250. The Kier molecular flexibility index (Phi) is 3.69. The highest BCUT2D eigenvalue weighted by molar-refractivity contribution is 7.89. The first-order chi connectivity index (χ1) is 10.0. The van der Waals surface area contributed by atoms with Crippen LogP contribution in [0.4, 0.5) is 5.69 Å². The highest BCUT2D eigenvalue weighted by Gasteiger charge is 2.23. The largest absolute Gasteiger partial charge is 0.381 e. The van der Waals surface area contributed by atoms with E-state index in [1.165, 1.54) is 30.0 Å². The number of sulfonamides is 1. The number of anilines is 1. The first kappa shape index (κ1) is 14.1. The van der Waals surface area contributed by atoms with Crippen LogP contribution in [0.3, 0.4) is 0 Å². The molecule has 2 aromatic rings. The van der Waals surface area contributed by atoms with E-state index in [-0.39, 0.29) is 4.90 Å². The van der Waals surface area contributed by atoms with Crippen molar-refractivity contribution in [1.82, 2.24) is 0 Å². The molecule has 110 valence electrons.